The molecule has 0 radical (unpaired) electrons. The van der Waals surface area contributed by atoms with Crippen LogP contribution in [0.1, 0.15) is 53.6 Å². The van der Waals surface area contributed by atoms with Crippen molar-refractivity contribution in [3.63, 3.8) is 0 Å². The molecule has 9 heteroatoms. The number of ether oxygens (including phenoxy) is 2. The summed E-state index contributed by atoms with van der Waals surface area (Å²) in [6, 6.07) is 23.1. The molecule has 232 valence electrons. The summed E-state index contributed by atoms with van der Waals surface area (Å²) in [6.07, 6.45) is 2.32. The molecule has 1 aliphatic rings. The molecule has 1 N–H and O–H groups in total. The molecule has 1 aliphatic heterocycles. The number of benzene rings is 3. The predicted molar refractivity (Wildman–Crippen MR) is 169 cm³/mol. The number of nitrogens with zero attached hydrogens (tertiary/aromatic N) is 1. The summed E-state index contributed by atoms with van der Waals surface area (Å²) in [5.74, 6) is -1.91. The van der Waals surface area contributed by atoms with Gasteiger partial charge in [-0.15, -0.1) is 0 Å². The SMILES string of the molecule is COC(=O)[C@@H]1CCC(=O)N(CCc2ccccc2)CCCCOc2cc(Cl)ccc2C(=O)C[C@H](Cc2ccccc2)C(=O)N1. The molecular weight excluding hydrogens is 580 g/mol. The normalized spacial score (nSPS) is 18.9. The van der Waals surface area contributed by atoms with Gasteiger partial charge in [0.15, 0.2) is 5.78 Å². The Labute approximate surface area is 263 Å². The molecule has 0 spiro atoms. The third-order valence-electron chi connectivity index (χ3n) is 7.77. The Morgan fingerprint density at radius 3 is 2.39 bits per heavy atom. The first-order valence-corrected chi connectivity index (χ1v) is 15.4. The van der Waals surface area contributed by atoms with Gasteiger partial charge in [0.05, 0.1) is 19.3 Å². The number of carbonyl (C=O) groups is 4. The second-order valence-corrected chi connectivity index (χ2v) is 11.4. The van der Waals surface area contributed by atoms with Crippen LogP contribution in [0.2, 0.25) is 5.02 Å². The topological polar surface area (TPSA) is 102 Å². The second-order valence-electron chi connectivity index (χ2n) is 10.9. The number of carbonyl (C=O) groups excluding carboxylic acids is 4. The van der Waals surface area contributed by atoms with Crippen molar-refractivity contribution in [3.8, 4) is 5.75 Å². The van der Waals surface area contributed by atoms with Crippen LogP contribution in [0.25, 0.3) is 0 Å². The molecule has 4 rings (SSSR count). The van der Waals surface area contributed by atoms with Crippen molar-refractivity contribution in [1.29, 1.82) is 0 Å². The number of methoxy groups -OCH3 is 1. The zero-order valence-corrected chi connectivity index (χ0v) is 25.8. The summed E-state index contributed by atoms with van der Waals surface area (Å²) in [7, 11) is 1.25. The Hall–Kier alpha value is -4.17. The van der Waals surface area contributed by atoms with Crippen molar-refractivity contribution >= 4 is 35.2 Å². The third kappa shape index (κ3) is 9.67. The molecule has 0 saturated heterocycles. The van der Waals surface area contributed by atoms with Crippen molar-refractivity contribution in [2.45, 2.75) is 51.0 Å². The average Bonchev–Trinajstić information content (AvgIpc) is 3.04. The standard InChI is InChI=1S/C35H39ClN2O6/c1-43-35(42)30-16-17-33(40)38(20-18-25-10-4-2-5-11-25)19-8-9-21-44-32-24-28(36)14-15-29(32)31(39)23-27(34(41)37-30)22-26-12-6-3-7-13-26/h2-7,10-15,24,27,30H,8-9,16-23H2,1H3,(H,37,41)/t27-,30-/m0/s1. The minimum absolute atomic E-state index is 0.0531. The first kappa shape index (κ1) is 32.7. The minimum Gasteiger partial charge on any atom is -0.493 e. The Morgan fingerprint density at radius 2 is 1.68 bits per heavy atom. The maximum Gasteiger partial charge on any atom is 0.328 e. The highest BCUT2D eigenvalue weighted by atomic mass is 35.5. The maximum absolute atomic E-state index is 13.7. The second kappa shape index (κ2) is 16.6. The number of nitrogens with one attached hydrogen (secondary N) is 1. The first-order chi connectivity index (χ1) is 21.3. The summed E-state index contributed by atoms with van der Waals surface area (Å²) in [6.45, 7) is 1.36. The van der Waals surface area contributed by atoms with Crippen molar-refractivity contribution in [2.24, 2.45) is 5.92 Å². The largest absolute Gasteiger partial charge is 0.493 e. The molecule has 1 heterocycles. The summed E-state index contributed by atoms with van der Waals surface area (Å²) in [4.78, 5) is 55.3. The van der Waals surface area contributed by atoms with Crippen LogP contribution in [0.15, 0.2) is 78.9 Å². The van der Waals surface area contributed by atoms with Gasteiger partial charge in [-0.05, 0) is 61.4 Å². The minimum atomic E-state index is -1.04. The van der Waals surface area contributed by atoms with Crippen molar-refractivity contribution in [3.05, 3.63) is 101 Å². The molecule has 0 saturated carbocycles. The smallest absolute Gasteiger partial charge is 0.328 e. The molecule has 8 nitrogen and oxygen atoms in total. The molecule has 3 aromatic carbocycles. The van der Waals surface area contributed by atoms with E-state index in [9.17, 15) is 19.2 Å². The van der Waals surface area contributed by atoms with Crippen LogP contribution in [-0.4, -0.2) is 61.3 Å². The average molecular weight is 619 g/mol. The first-order valence-electron chi connectivity index (χ1n) is 15.0. The van der Waals surface area contributed by atoms with Crippen LogP contribution < -0.4 is 10.1 Å². The summed E-state index contributed by atoms with van der Waals surface area (Å²) < 4.78 is 11.0. The summed E-state index contributed by atoms with van der Waals surface area (Å²) >= 11 is 6.25. The van der Waals surface area contributed by atoms with E-state index in [4.69, 9.17) is 21.1 Å². The van der Waals surface area contributed by atoms with E-state index in [0.717, 1.165) is 11.1 Å². The quantitative estimate of drug-likeness (QED) is 0.369. The van der Waals surface area contributed by atoms with Crippen LogP contribution in [0, 0.1) is 5.92 Å². The van der Waals surface area contributed by atoms with Crippen molar-refractivity contribution in [1.82, 2.24) is 10.2 Å². The lowest BCUT2D eigenvalue weighted by molar-refractivity contribution is -0.146. The summed E-state index contributed by atoms with van der Waals surface area (Å²) in [5.41, 5.74) is 2.33. The predicted octanol–water partition coefficient (Wildman–Crippen LogP) is 5.45. The Balaban J connectivity index is 1.61. The molecule has 3 aromatic rings. The van der Waals surface area contributed by atoms with Gasteiger partial charge in [0.2, 0.25) is 11.8 Å². The molecule has 0 aromatic heterocycles. The molecule has 2 atom stereocenters. The number of fused-ring (bicyclic) bond motifs is 1. The van der Waals surface area contributed by atoms with Gasteiger partial charge in [-0.2, -0.15) is 0 Å². The molecule has 44 heavy (non-hydrogen) atoms. The number of ketones is 1. The highest BCUT2D eigenvalue weighted by Gasteiger charge is 2.30. The van der Waals surface area contributed by atoms with Crippen LogP contribution in [0.4, 0.5) is 0 Å². The van der Waals surface area contributed by atoms with E-state index in [1.807, 2.05) is 60.7 Å². The molecule has 2 amide bonds. The number of hydrogen-bond acceptors (Lipinski definition) is 6. The van der Waals surface area contributed by atoms with Crippen LogP contribution in [0.5, 0.6) is 5.75 Å². The number of amides is 2. The number of hydrogen-bond donors (Lipinski definition) is 1. The molecule has 0 fully saturated rings. The van der Waals surface area contributed by atoms with E-state index in [2.05, 4.69) is 5.32 Å². The van der Waals surface area contributed by atoms with Gasteiger partial charge < -0.3 is 19.7 Å². The fraction of sp³-hybridized carbons (Fsp3) is 0.371. The van der Waals surface area contributed by atoms with E-state index in [1.54, 1.807) is 23.1 Å². The highest BCUT2D eigenvalue weighted by molar-refractivity contribution is 6.30. The fourth-order valence-corrected chi connectivity index (χ4v) is 5.46. The van der Waals surface area contributed by atoms with Crippen LogP contribution in [0.3, 0.4) is 0 Å². The van der Waals surface area contributed by atoms with E-state index >= 15 is 0 Å². The summed E-state index contributed by atoms with van der Waals surface area (Å²) in [5, 5.41) is 3.22. The van der Waals surface area contributed by atoms with E-state index in [-0.39, 0.29) is 37.4 Å². The Morgan fingerprint density at radius 1 is 0.977 bits per heavy atom. The Kier molecular flexibility index (Phi) is 12.4. The van der Waals surface area contributed by atoms with Gasteiger partial charge >= 0.3 is 5.97 Å². The van der Waals surface area contributed by atoms with E-state index in [1.165, 1.54) is 7.11 Å². The van der Waals surface area contributed by atoms with E-state index < -0.39 is 23.8 Å². The van der Waals surface area contributed by atoms with Gasteiger partial charge in [0, 0.05) is 36.9 Å². The van der Waals surface area contributed by atoms with Gasteiger partial charge in [0.1, 0.15) is 11.8 Å². The van der Waals surface area contributed by atoms with Crippen molar-refractivity contribution in [2.75, 3.05) is 26.8 Å². The fourth-order valence-electron chi connectivity index (χ4n) is 5.30. The van der Waals surface area contributed by atoms with Gasteiger partial charge in [-0.1, -0.05) is 72.3 Å². The van der Waals surface area contributed by atoms with Gasteiger partial charge in [-0.25, -0.2) is 4.79 Å². The molecule has 0 aliphatic carbocycles. The lowest BCUT2D eigenvalue weighted by Gasteiger charge is -2.25. The number of rotatable bonds is 6. The highest BCUT2D eigenvalue weighted by Crippen LogP contribution is 2.27. The molecule has 0 bridgehead atoms. The molecule has 0 unspecified atom stereocenters. The number of Topliss-reactive ketones (excluding diaryl/α,β-unsaturated/α-hetero) is 1. The van der Waals surface area contributed by atoms with Crippen molar-refractivity contribution < 1.29 is 28.7 Å². The van der Waals surface area contributed by atoms with Crippen LogP contribution >= 0.6 is 11.6 Å². The maximum atomic E-state index is 13.7. The molecular formula is C35H39ClN2O6. The Bertz CT molecular complexity index is 1420. The zero-order valence-electron chi connectivity index (χ0n) is 25.0. The lowest BCUT2D eigenvalue weighted by atomic mass is 9.90. The third-order valence-corrected chi connectivity index (χ3v) is 8.00. The van der Waals surface area contributed by atoms with E-state index in [0.29, 0.717) is 55.3 Å². The van der Waals surface area contributed by atoms with Gasteiger partial charge in [-0.3, -0.25) is 14.4 Å². The number of esters is 1. The monoisotopic (exact) mass is 618 g/mol. The van der Waals surface area contributed by atoms with Crippen LogP contribution in [-0.2, 0) is 32.0 Å². The lowest BCUT2D eigenvalue weighted by Crippen LogP contribution is -2.46. The van der Waals surface area contributed by atoms with Gasteiger partial charge in [0.25, 0.3) is 0 Å². The zero-order chi connectivity index (χ0) is 31.3. The number of halogens is 1.